The smallest absolute Gasteiger partial charge is 0.274 e. The van der Waals surface area contributed by atoms with Crippen molar-refractivity contribution >= 4 is 11.5 Å². The van der Waals surface area contributed by atoms with Crippen LogP contribution in [0.15, 0.2) is 53.7 Å². The summed E-state index contributed by atoms with van der Waals surface area (Å²) in [6.45, 7) is 3.30. The Morgan fingerprint density at radius 2 is 1.93 bits per heavy atom. The molecule has 29 heavy (non-hydrogen) atoms. The molecule has 0 aliphatic carbocycles. The highest BCUT2D eigenvalue weighted by Gasteiger charge is 2.21. The van der Waals surface area contributed by atoms with Crippen LogP contribution in [0.25, 0.3) is 16.9 Å². The van der Waals surface area contributed by atoms with E-state index in [0.717, 1.165) is 41.2 Å². The highest BCUT2D eigenvalue weighted by molar-refractivity contribution is 5.60. The number of nitrogens with zero attached hydrogens (tertiary/aromatic N) is 6. The number of aryl methyl sites for hydroxylation is 1. The molecule has 0 amide bonds. The van der Waals surface area contributed by atoms with E-state index >= 15 is 0 Å². The molecule has 0 bridgehead atoms. The van der Waals surface area contributed by atoms with Crippen LogP contribution >= 0.6 is 0 Å². The van der Waals surface area contributed by atoms with Gasteiger partial charge < -0.3 is 4.90 Å². The van der Waals surface area contributed by atoms with Gasteiger partial charge in [0.1, 0.15) is 5.82 Å². The summed E-state index contributed by atoms with van der Waals surface area (Å²) in [5.41, 5.74) is 4.64. The molecular formula is C21H17FN6O. The number of pyridine rings is 2. The maximum absolute atomic E-state index is 13.6. The summed E-state index contributed by atoms with van der Waals surface area (Å²) in [4.78, 5) is 27.3. The van der Waals surface area contributed by atoms with Crippen molar-refractivity contribution in [2.75, 3.05) is 11.4 Å². The molecule has 0 N–H and O–H groups in total. The molecule has 8 heteroatoms. The maximum atomic E-state index is 13.6. The lowest BCUT2D eigenvalue weighted by Gasteiger charge is -2.30. The van der Waals surface area contributed by atoms with E-state index in [1.807, 2.05) is 19.1 Å². The van der Waals surface area contributed by atoms with Crippen molar-refractivity contribution in [2.24, 2.45) is 0 Å². The predicted octanol–water partition coefficient (Wildman–Crippen LogP) is 2.56. The third-order valence-electron chi connectivity index (χ3n) is 5.10. The summed E-state index contributed by atoms with van der Waals surface area (Å²) in [5, 5.41) is 4.55. The Hall–Kier alpha value is -3.68. The van der Waals surface area contributed by atoms with E-state index in [1.165, 1.54) is 35.1 Å². The van der Waals surface area contributed by atoms with Crippen molar-refractivity contribution in [3.05, 3.63) is 81.9 Å². The van der Waals surface area contributed by atoms with Crippen LogP contribution in [0, 0.1) is 12.7 Å². The Balaban J connectivity index is 1.53. The first-order valence-corrected chi connectivity index (χ1v) is 9.29. The van der Waals surface area contributed by atoms with Gasteiger partial charge in [-0.25, -0.2) is 9.37 Å². The number of hydrogen-bond acceptors (Lipinski definition) is 6. The van der Waals surface area contributed by atoms with Crippen LogP contribution in [0.2, 0.25) is 0 Å². The van der Waals surface area contributed by atoms with E-state index in [2.05, 4.69) is 25.0 Å². The Bertz CT molecular complexity index is 1300. The average molecular weight is 388 g/mol. The number of hydrogen-bond donors (Lipinski definition) is 0. The molecular weight excluding hydrogens is 371 g/mol. The van der Waals surface area contributed by atoms with Gasteiger partial charge in [0.15, 0.2) is 11.5 Å². The van der Waals surface area contributed by atoms with E-state index in [1.54, 1.807) is 6.20 Å². The summed E-state index contributed by atoms with van der Waals surface area (Å²) in [6.07, 6.45) is 5.43. The average Bonchev–Trinajstić information content (AvgIpc) is 2.73. The van der Waals surface area contributed by atoms with Crippen LogP contribution in [-0.4, -0.2) is 31.1 Å². The SMILES string of the molecule is Cc1cc2nccc(=O)n2nc1N1CCc2ncc(-c3cc(F)ccn3)cc2C1. The van der Waals surface area contributed by atoms with Crippen molar-refractivity contribution in [3.8, 4) is 11.3 Å². The van der Waals surface area contributed by atoms with Gasteiger partial charge in [-0.1, -0.05) is 0 Å². The van der Waals surface area contributed by atoms with Gasteiger partial charge in [0.25, 0.3) is 5.56 Å². The third-order valence-corrected chi connectivity index (χ3v) is 5.10. The molecule has 0 aromatic carbocycles. The normalized spacial score (nSPS) is 13.5. The van der Waals surface area contributed by atoms with Crippen molar-refractivity contribution < 1.29 is 4.39 Å². The summed E-state index contributed by atoms with van der Waals surface area (Å²) < 4.78 is 14.9. The van der Waals surface area contributed by atoms with Crippen molar-refractivity contribution in [1.82, 2.24) is 24.6 Å². The van der Waals surface area contributed by atoms with Crippen LogP contribution in [0.5, 0.6) is 0 Å². The second-order valence-electron chi connectivity index (χ2n) is 7.06. The number of rotatable bonds is 2. The molecule has 7 nitrogen and oxygen atoms in total. The maximum Gasteiger partial charge on any atom is 0.274 e. The zero-order chi connectivity index (χ0) is 20.0. The molecule has 1 aliphatic heterocycles. The molecule has 144 valence electrons. The minimum Gasteiger partial charge on any atom is -0.350 e. The van der Waals surface area contributed by atoms with Gasteiger partial charge in [0.2, 0.25) is 0 Å². The molecule has 0 atom stereocenters. The Kier molecular flexibility index (Phi) is 4.04. The number of anilines is 1. The van der Waals surface area contributed by atoms with E-state index < -0.39 is 0 Å². The van der Waals surface area contributed by atoms with Crippen LogP contribution in [0.4, 0.5) is 10.2 Å². The fraction of sp³-hybridized carbons (Fsp3) is 0.190. The molecule has 0 radical (unpaired) electrons. The lowest BCUT2D eigenvalue weighted by atomic mass is 10.0. The lowest BCUT2D eigenvalue weighted by molar-refractivity contribution is 0.626. The topological polar surface area (TPSA) is 76.3 Å². The third kappa shape index (κ3) is 3.12. The zero-order valence-electron chi connectivity index (χ0n) is 15.7. The first-order valence-electron chi connectivity index (χ1n) is 9.29. The molecule has 4 aromatic rings. The summed E-state index contributed by atoms with van der Waals surface area (Å²) >= 11 is 0. The standard InChI is InChI=1S/C21H17FN6O/c1-13-8-19-24-6-3-20(29)28(19)26-21(13)27-7-4-17-15(12-27)9-14(11-25-17)18-10-16(22)2-5-23-18/h2-3,5-6,8-11H,4,7,12H2,1H3. The molecule has 1 aliphatic rings. The first-order chi connectivity index (χ1) is 14.1. The van der Waals surface area contributed by atoms with Gasteiger partial charge in [-0.3, -0.25) is 14.8 Å². The van der Waals surface area contributed by atoms with Crippen LogP contribution in [0.1, 0.15) is 16.8 Å². The molecule has 0 saturated heterocycles. The summed E-state index contributed by atoms with van der Waals surface area (Å²) in [6, 6.07) is 7.98. The van der Waals surface area contributed by atoms with Gasteiger partial charge in [-0.05, 0) is 36.2 Å². The Morgan fingerprint density at radius 1 is 1.07 bits per heavy atom. The van der Waals surface area contributed by atoms with Crippen LogP contribution < -0.4 is 10.5 Å². The van der Waals surface area contributed by atoms with Gasteiger partial charge in [0.05, 0.1) is 5.69 Å². The molecule has 0 unspecified atom stereocenters. The van der Waals surface area contributed by atoms with Gasteiger partial charge >= 0.3 is 0 Å². The second kappa shape index (κ2) is 6.73. The number of fused-ring (bicyclic) bond motifs is 2. The van der Waals surface area contributed by atoms with Crippen molar-refractivity contribution in [3.63, 3.8) is 0 Å². The van der Waals surface area contributed by atoms with Gasteiger partial charge in [0, 0.05) is 61.5 Å². The highest BCUT2D eigenvalue weighted by atomic mass is 19.1. The molecule has 4 aromatic heterocycles. The minimum atomic E-state index is -0.329. The quantitative estimate of drug-likeness (QED) is 0.525. The molecule has 0 saturated carbocycles. The highest BCUT2D eigenvalue weighted by Crippen LogP contribution is 2.27. The monoisotopic (exact) mass is 388 g/mol. The fourth-order valence-corrected chi connectivity index (χ4v) is 3.67. The minimum absolute atomic E-state index is 0.213. The van der Waals surface area contributed by atoms with E-state index in [0.29, 0.717) is 17.9 Å². The zero-order valence-corrected chi connectivity index (χ0v) is 15.7. The van der Waals surface area contributed by atoms with Crippen LogP contribution in [-0.2, 0) is 13.0 Å². The molecule has 5 rings (SSSR count). The largest absolute Gasteiger partial charge is 0.350 e. The summed E-state index contributed by atoms with van der Waals surface area (Å²) in [7, 11) is 0. The number of halogens is 1. The van der Waals surface area contributed by atoms with Gasteiger partial charge in [-0.2, -0.15) is 4.52 Å². The molecule has 5 heterocycles. The Morgan fingerprint density at radius 3 is 2.79 bits per heavy atom. The van der Waals surface area contributed by atoms with E-state index in [4.69, 9.17) is 0 Å². The first kappa shape index (κ1) is 17.4. The molecule has 0 fully saturated rings. The van der Waals surface area contributed by atoms with Crippen molar-refractivity contribution in [1.29, 1.82) is 0 Å². The second-order valence-corrected chi connectivity index (χ2v) is 7.06. The Labute approximate surface area is 165 Å². The summed E-state index contributed by atoms with van der Waals surface area (Å²) in [5.74, 6) is 0.414. The van der Waals surface area contributed by atoms with E-state index in [-0.39, 0.29) is 11.4 Å². The molecule has 0 spiro atoms. The van der Waals surface area contributed by atoms with Gasteiger partial charge in [-0.15, -0.1) is 5.10 Å². The lowest BCUT2D eigenvalue weighted by Crippen LogP contribution is -2.33. The fourth-order valence-electron chi connectivity index (χ4n) is 3.67. The predicted molar refractivity (Wildman–Crippen MR) is 106 cm³/mol. The van der Waals surface area contributed by atoms with Crippen molar-refractivity contribution in [2.45, 2.75) is 19.9 Å². The van der Waals surface area contributed by atoms with Crippen LogP contribution in [0.3, 0.4) is 0 Å². The van der Waals surface area contributed by atoms with E-state index in [9.17, 15) is 9.18 Å². The number of aromatic nitrogens is 5.